The average Bonchev–Trinajstić information content (AvgIpc) is 2.43. The van der Waals surface area contributed by atoms with Crippen LogP contribution in [0.4, 0.5) is 5.69 Å². The topological polar surface area (TPSA) is 92.9 Å². The zero-order valence-corrected chi connectivity index (χ0v) is 13.2. The Hall–Kier alpha value is -1.31. The molecule has 0 saturated carbocycles. The van der Waals surface area contributed by atoms with E-state index in [0.29, 0.717) is 18.0 Å². The van der Waals surface area contributed by atoms with Gasteiger partial charge in [0.1, 0.15) is 10.6 Å². The molecule has 0 aliphatic carbocycles. The molecule has 0 aromatic heterocycles. The van der Waals surface area contributed by atoms with Crippen LogP contribution in [0.1, 0.15) is 25.8 Å². The molecule has 0 atom stereocenters. The summed E-state index contributed by atoms with van der Waals surface area (Å²) in [7, 11) is -3.76. The molecule has 0 amide bonds. The van der Waals surface area contributed by atoms with Crippen molar-refractivity contribution in [1.82, 2.24) is 4.31 Å². The first kappa shape index (κ1) is 16.1. The van der Waals surface area contributed by atoms with E-state index in [4.69, 9.17) is 15.6 Å². The highest BCUT2D eigenvalue weighted by molar-refractivity contribution is 7.89. The Kier molecular flexibility index (Phi) is 4.75. The average molecular weight is 314 g/mol. The maximum absolute atomic E-state index is 12.9. The molecule has 0 unspecified atom stereocenters. The zero-order chi connectivity index (χ0) is 15.6. The predicted octanol–water partition coefficient (Wildman–Crippen LogP) is 0.985. The lowest BCUT2D eigenvalue weighted by molar-refractivity contribution is 0.235. The van der Waals surface area contributed by atoms with Crippen molar-refractivity contribution in [2.24, 2.45) is 0 Å². The molecule has 0 fully saturated rings. The largest absolute Gasteiger partial charge is 0.492 e. The van der Waals surface area contributed by atoms with Gasteiger partial charge < -0.3 is 15.6 Å². The van der Waals surface area contributed by atoms with Crippen LogP contribution in [0.2, 0.25) is 0 Å². The van der Waals surface area contributed by atoms with Gasteiger partial charge in [0, 0.05) is 18.3 Å². The number of nitrogen functional groups attached to an aromatic ring is 1. The van der Waals surface area contributed by atoms with E-state index in [0.717, 1.165) is 18.4 Å². The van der Waals surface area contributed by atoms with Crippen LogP contribution in [-0.4, -0.2) is 43.6 Å². The smallest absolute Gasteiger partial charge is 0.247 e. The van der Waals surface area contributed by atoms with Crippen molar-refractivity contribution in [1.29, 1.82) is 0 Å². The summed E-state index contributed by atoms with van der Waals surface area (Å²) in [6.07, 6.45) is 1.60. The third-order valence-electron chi connectivity index (χ3n) is 3.47. The molecule has 0 spiro atoms. The Morgan fingerprint density at radius 1 is 1.43 bits per heavy atom. The second-order valence-corrected chi connectivity index (χ2v) is 7.25. The number of benzene rings is 1. The molecule has 1 aliphatic rings. The van der Waals surface area contributed by atoms with Gasteiger partial charge in [-0.3, -0.25) is 0 Å². The number of hydrogen-bond acceptors (Lipinski definition) is 5. The normalized spacial score (nSPS) is 15.1. The fourth-order valence-electron chi connectivity index (χ4n) is 2.54. The summed E-state index contributed by atoms with van der Waals surface area (Å²) in [4.78, 5) is 0.0966. The summed E-state index contributed by atoms with van der Waals surface area (Å²) in [6, 6.07) is 2.94. The molecule has 6 nitrogen and oxygen atoms in total. The van der Waals surface area contributed by atoms with Crippen LogP contribution in [0.25, 0.3) is 0 Å². The molecule has 1 aromatic carbocycles. The number of sulfonamides is 1. The molecule has 3 N–H and O–H groups in total. The number of hydrogen-bond donors (Lipinski definition) is 2. The van der Waals surface area contributed by atoms with Gasteiger partial charge >= 0.3 is 0 Å². The van der Waals surface area contributed by atoms with Crippen LogP contribution in [0.15, 0.2) is 17.0 Å². The Balaban J connectivity index is 2.56. The van der Waals surface area contributed by atoms with Crippen LogP contribution in [0.5, 0.6) is 5.75 Å². The van der Waals surface area contributed by atoms with Crippen molar-refractivity contribution in [2.45, 2.75) is 37.6 Å². The van der Waals surface area contributed by atoms with Crippen molar-refractivity contribution in [2.75, 3.05) is 25.5 Å². The molecule has 7 heteroatoms. The van der Waals surface area contributed by atoms with Gasteiger partial charge in [0.25, 0.3) is 0 Å². The van der Waals surface area contributed by atoms with Crippen LogP contribution >= 0.6 is 0 Å². The highest BCUT2D eigenvalue weighted by Crippen LogP contribution is 2.36. The highest BCUT2D eigenvalue weighted by Gasteiger charge is 2.32. The van der Waals surface area contributed by atoms with Gasteiger partial charge in [0.15, 0.2) is 0 Å². The second-order valence-electron chi connectivity index (χ2n) is 5.39. The first-order valence-electron chi connectivity index (χ1n) is 7.06. The minimum absolute atomic E-state index is 0.0452. The van der Waals surface area contributed by atoms with E-state index < -0.39 is 10.0 Å². The third-order valence-corrected chi connectivity index (χ3v) is 5.55. The van der Waals surface area contributed by atoms with Crippen molar-refractivity contribution in [3.8, 4) is 5.75 Å². The number of fused-ring (bicyclic) bond motifs is 1. The van der Waals surface area contributed by atoms with Gasteiger partial charge in [-0.05, 0) is 44.4 Å². The zero-order valence-electron chi connectivity index (χ0n) is 12.4. The first-order chi connectivity index (χ1) is 9.87. The number of rotatable bonds is 5. The molecule has 118 valence electrons. The minimum atomic E-state index is -3.76. The molecule has 1 heterocycles. The highest BCUT2D eigenvalue weighted by atomic mass is 32.2. The molecule has 1 aromatic rings. The molecule has 0 saturated heterocycles. The van der Waals surface area contributed by atoms with Crippen molar-refractivity contribution in [3.63, 3.8) is 0 Å². The first-order valence-corrected chi connectivity index (χ1v) is 8.50. The summed E-state index contributed by atoms with van der Waals surface area (Å²) in [5.74, 6) is 0.402. The number of nitrogens with two attached hydrogens (primary N) is 1. The minimum Gasteiger partial charge on any atom is -0.492 e. The number of ether oxygens (including phenoxy) is 1. The lowest BCUT2D eigenvalue weighted by atomic mass is 10.1. The molecule has 0 bridgehead atoms. The third kappa shape index (κ3) is 3.14. The fourth-order valence-corrected chi connectivity index (χ4v) is 4.38. The van der Waals surface area contributed by atoms with E-state index in [1.54, 1.807) is 19.9 Å². The van der Waals surface area contributed by atoms with Gasteiger partial charge in [-0.1, -0.05) is 0 Å². The van der Waals surface area contributed by atoms with Gasteiger partial charge in [-0.15, -0.1) is 0 Å². The van der Waals surface area contributed by atoms with Gasteiger partial charge in [-0.25, -0.2) is 8.42 Å². The standard InChI is InChI=1S/C14H22N2O4S/c1-10(2)16(5-6-17)21(18,19)13-9-12(15)8-11-4-3-7-20-14(11)13/h8-10,17H,3-7,15H2,1-2H3. The maximum atomic E-state index is 12.9. The number of aliphatic hydroxyl groups is 1. The van der Waals surface area contributed by atoms with E-state index >= 15 is 0 Å². The fraction of sp³-hybridized carbons (Fsp3) is 0.571. The van der Waals surface area contributed by atoms with E-state index in [1.807, 2.05) is 0 Å². The Morgan fingerprint density at radius 3 is 2.76 bits per heavy atom. The monoisotopic (exact) mass is 314 g/mol. The number of aliphatic hydroxyl groups excluding tert-OH is 1. The molecule has 2 rings (SSSR count). The summed E-state index contributed by atoms with van der Waals surface area (Å²) in [5, 5.41) is 9.13. The molecular formula is C14H22N2O4S. The summed E-state index contributed by atoms with van der Waals surface area (Å²) in [5.41, 5.74) is 7.08. The van der Waals surface area contributed by atoms with Crippen LogP contribution in [-0.2, 0) is 16.4 Å². The number of anilines is 1. The lowest BCUT2D eigenvalue weighted by Crippen LogP contribution is -2.39. The van der Waals surface area contributed by atoms with Crippen LogP contribution in [0.3, 0.4) is 0 Å². The Morgan fingerprint density at radius 2 is 2.14 bits per heavy atom. The Bertz CT molecular complexity index is 614. The van der Waals surface area contributed by atoms with Crippen molar-refractivity contribution in [3.05, 3.63) is 17.7 Å². The van der Waals surface area contributed by atoms with E-state index in [-0.39, 0.29) is 24.1 Å². The summed E-state index contributed by atoms with van der Waals surface area (Å²) in [6.45, 7) is 3.85. The van der Waals surface area contributed by atoms with Gasteiger partial charge in [0.2, 0.25) is 10.0 Å². The van der Waals surface area contributed by atoms with Crippen molar-refractivity contribution < 1.29 is 18.3 Å². The predicted molar refractivity (Wildman–Crippen MR) is 80.8 cm³/mol. The van der Waals surface area contributed by atoms with E-state index in [9.17, 15) is 8.42 Å². The second kappa shape index (κ2) is 6.21. The molecule has 1 aliphatic heterocycles. The van der Waals surface area contributed by atoms with Crippen LogP contribution in [0, 0.1) is 0 Å². The van der Waals surface area contributed by atoms with Crippen LogP contribution < -0.4 is 10.5 Å². The maximum Gasteiger partial charge on any atom is 0.247 e. The van der Waals surface area contributed by atoms with Crippen molar-refractivity contribution >= 4 is 15.7 Å². The summed E-state index contributed by atoms with van der Waals surface area (Å²) < 4.78 is 32.6. The SMILES string of the molecule is CC(C)N(CCO)S(=O)(=O)c1cc(N)cc2c1OCCC2. The quantitative estimate of drug-likeness (QED) is 0.791. The van der Waals surface area contributed by atoms with E-state index in [2.05, 4.69) is 0 Å². The van der Waals surface area contributed by atoms with Gasteiger partial charge in [-0.2, -0.15) is 4.31 Å². The molecule has 0 radical (unpaired) electrons. The lowest BCUT2D eigenvalue weighted by Gasteiger charge is -2.28. The summed E-state index contributed by atoms with van der Waals surface area (Å²) >= 11 is 0. The van der Waals surface area contributed by atoms with E-state index in [1.165, 1.54) is 10.4 Å². The van der Waals surface area contributed by atoms with Gasteiger partial charge in [0.05, 0.1) is 13.2 Å². The molecule has 21 heavy (non-hydrogen) atoms. The molecular weight excluding hydrogens is 292 g/mol. The number of nitrogens with zero attached hydrogens (tertiary/aromatic N) is 1. The Labute approximate surface area is 125 Å². The number of aryl methyl sites for hydroxylation is 1.